The molecule has 1 N–H and O–H groups in total. The van der Waals surface area contributed by atoms with E-state index in [1.807, 2.05) is 6.07 Å². The minimum Gasteiger partial charge on any atom is -0.466 e. The lowest BCUT2D eigenvalue weighted by molar-refractivity contribution is -0.143. The third-order valence-corrected chi connectivity index (χ3v) is 3.25. The van der Waals surface area contributed by atoms with E-state index in [4.69, 9.17) is 9.84 Å². The molecule has 20 heavy (non-hydrogen) atoms. The highest BCUT2D eigenvalue weighted by molar-refractivity contribution is 5.69. The molecule has 0 saturated carbocycles. The normalized spacial score (nSPS) is 10.4. The van der Waals surface area contributed by atoms with Crippen LogP contribution in [0.5, 0.6) is 0 Å². The standard InChI is InChI=1S/C17H26O3/c18-14-8-2-7-13-17(19)20-15-9-3-6-12-16-10-4-1-5-11-16/h1,4-5,10-11,18H,2-3,6-9,12-15H2. The maximum Gasteiger partial charge on any atom is 0.305 e. The van der Waals surface area contributed by atoms with Crippen LogP contribution < -0.4 is 0 Å². The Morgan fingerprint density at radius 3 is 2.45 bits per heavy atom. The fourth-order valence-corrected chi connectivity index (χ4v) is 2.07. The van der Waals surface area contributed by atoms with Crippen molar-refractivity contribution in [2.75, 3.05) is 13.2 Å². The van der Waals surface area contributed by atoms with Gasteiger partial charge in [0.1, 0.15) is 0 Å². The molecule has 0 aliphatic carbocycles. The first-order chi connectivity index (χ1) is 9.83. The highest BCUT2D eigenvalue weighted by atomic mass is 16.5. The molecule has 112 valence electrons. The number of unbranched alkanes of at least 4 members (excludes halogenated alkanes) is 4. The number of benzene rings is 1. The topological polar surface area (TPSA) is 46.5 Å². The Balaban J connectivity index is 1.90. The maximum atomic E-state index is 11.4. The molecule has 0 fully saturated rings. The van der Waals surface area contributed by atoms with Crippen LogP contribution >= 0.6 is 0 Å². The van der Waals surface area contributed by atoms with Crippen LogP contribution in [-0.2, 0) is 16.0 Å². The molecule has 0 spiro atoms. The third-order valence-electron chi connectivity index (χ3n) is 3.25. The molecule has 0 amide bonds. The summed E-state index contributed by atoms with van der Waals surface area (Å²) in [4.78, 5) is 11.4. The van der Waals surface area contributed by atoms with Crippen molar-refractivity contribution in [1.82, 2.24) is 0 Å². The molecule has 0 unspecified atom stereocenters. The Morgan fingerprint density at radius 1 is 0.950 bits per heavy atom. The van der Waals surface area contributed by atoms with Gasteiger partial charge in [0, 0.05) is 13.0 Å². The van der Waals surface area contributed by atoms with Crippen molar-refractivity contribution in [1.29, 1.82) is 0 Å². The number of ether oxygens (including phenoxy) is 1. The number of carbonyl (C=O) groups is 1. The smallest absolute Gasteiger partial charge is 0.305 e. The van der Waals surface area contributed by atoms with E-state index < -0.39 is 0 Å². The molecule has 0 radical (unpaired) electrons. The van der Waals surface area contributed by atoms with Crippen molar-refractivity contribution in [3.05, 3.63) is 35.9 Å². The predicted octanol–water partition coefficient (Wildman–Crippen LogP) is 3.50. The molecule has 1 rings (SSSR count). The minimum absolute atomic E-state index is 0.106. The number of hydrogen-bond acceptors (Lipinski definition) is 3. The quantitative estimate of drug-likeness (QED) is 0.498. The van der Waals surface area contributed by atoms with Gasteiger partial charge in [0.05, 0.1) is 6.61 Å². The summed E-state index contributed by atoms with van der Waals surface area (Å²) in [7, 11) is 0. The van der Waals surface area contributed by atoms with Gasteiger partial charge in [-0.15, -0.1) is 0 Å². The number of rotatable bonds is 11. The zero-order valence-corrected chi connectivity index (χ0v) is 12.2. The van der Waals surface area contributed by atoms with E-state index in [-0.39, 0.29) is 12.6 Å². The van der Waals surface area contributed by atoms with Gasteiger partial charge in [-0.2, -0.15) is 0 Å². The van der Waals surface area contributed by atoms with Gasteiger partial charge >= 0.3 is 5.97 Å². The summed E-state index contributed by atoms with van der Waals surface area (Å²) < 4.78 is 5.17. The average Bonchev–Trinajstić information content (AvgIpc) is 2.48. The Morgan fingerprint density at radius 2 is 1.70 bits per heavy atom. The first kappa shape index (κ1) is 16.7. The molecule has 3 heteroatoms. The minimum atomic E-state index is -0.106. The van der Waals surface area contributed by atoms with Gasteiger partial charge in [-0.3, -0.25) is 4.79 Å². The van der Waals surface area contributed by atoms with Crippen LogP contribution in [0.25, 0.3) is 0 Å². The first-order valence-electron chi connectivity index (χ1n) is 7.63. The van der Waals surface area contributed by atoms with Gasteiger partial charge in [0.2, 0.25) is 0 Å². The Hall–Kier alpha value is -1.35. The summed E-state index contributed by atoms with van der Waals surface area (Å²) in [6.45, 7) is 0.740. The number of aryl methyl sites for hydroxylation is 1. The second kappa shape index (κ2) is 11.5. The van der Waals surface area contributed by atoms with Crippen LogP contribution in [0.4, 0.5) is 0 Å². The summed E-state index contributed by atoms with van der Waals surface area (Å²) in [5.74, 6) is -0.106. The predicted molar refractivity (Wildman–Crippen MR) is 80.5 cm³/mol. The number of esters is 1. The summed E-state index contributed by atoms with van der Waals surface area (Å²) >= 11 is 0. The van der Waals surface area contributed by atoms with Gasteiger partial charge in [-0.05, 0) is 44.1 Å². The van der Waals surface area contributed by atoms with Crippen LogP contribution in [0, 0.1) is 0 Å². The summed E-state index contributed by atoms with van der Waals surface area (Å²) in [6, 6.07) is 10.4. The van der Waals surface area contributed by atoms with E-state index in [1.54, 1.807) is 0 Å². The summed E-state index contributed by atoms with van der Waals surface area (Å²) in [6.07, 6.45) is 7.21. The lowest BCUT2D eigenvalue weighted by atomic mass is 10.1. The van der Waals surface area contributed by atoms with Crippen molar-refractivity contribution < 1.29 is 14.6 Å². The van der Waals surface area contributed by atoms with Crippen LogP contribution in [0.15, 0.2) is 30.3 Å². The SMILES string of the molecule is O=C(CCCCCO)OCCCCCc1ccccc1. The Bertz CT molecular complexity index is 349. The second-order valence-corrected chi connectivity index (χ2v) is 5.05. The highest BCUT2D eigenvalue weighted by Crippen LogP contribution is 2.07. The molecule has 1 aromatic carbocycles. The lowest BCUT2D eigenvalue weighted by Crippen LogP contribution is -2.05. The van der Waals surface area contributed by atoms with E-state index in [0.29, 0.717) is 13.0 Å². The van der Waals surface area contributed by atoms with Crippen LogP contribution in [0.3, 0.4) is 0 Å². The molecule has 0 aliphatic heterocycles. The number of aliphatic hydroxyl groups is 1. The fourth-order valence-electron chi connectivity index (χ4n) is 2.07. The van der Waals surface area contributed by atoms with Crippen molar-refractivity contribution in [2.24, 2.45) is 0 Å². The van der Waals surface area contributed by atoms with E-state index in [9.17, 15) is 4.79 Å². The van der Waals surface area contributed by atoms with Gasteiger partial charge < -0.3 is 9.84 Å². The van der Waals surface area contributed by atoms with E-state index in [0.717, 1.165) is 44.9 Å². The second-order valence-electron chi connectivity index (χ2n) is 5.05. The Labute approximate surface area is 122 Å². The molecular weight excluding hydrogens is 252 g/mol. The molecule has 0 aromatic heterocycles. The lowest BCUT2D eigenvalue weighted by Gasteiger charge is -2.05. The molecule has 0 bridgehead atoms. The largest absolute Gasteiger partial charge is 0.466 e. The Kier molecular flexibility index (Phi) is 9.58. The maximum absolute atomic E-state index is 11.4. The zero-order valence-electron chi connectivity index (χ0n) is 12.2. The third kappa shape index (κ3) is 8.70. The first-order valence-corrected chi connectivity index (χ1v) is 7.63. The molecule has 3 nitrogen and oxygen atoms in total. The summed E-state index contributed by atoms with van der Waals surface area (Å²) in [5.41, 5.74) is 1.37. The van der Waals surface area contributed by atoms with E-state index in [1.165, 1.54) is 5.56 Å². The van der Waals surface area contributed by atoms with Crippen LogP contribution in [0.2, 0.25) is 0 Å². The van der Waals surface area contributed by atoms with E-state index in [2.05, 4.69) is 24.3 Å². The van der Waals surface area contributed by atoms with Gasteiger partial charge in [0.15, 0.2) is 0 Å². The number of aliphatic hydroxyl groups excluding tert-OH is 1. The zero-order chi connectivity index (χ0) is 14.5. The molecular formula is C17H26O3. The molecule has 0 heterocycles. The van der Waals surface area contributed by atoms with Gasteiger partial charge in [0.25, 0.3) is 0 Å². The number of carbonyl (C=O) groups excluding carboxylic acids is 1. The fraction of sp³-hybridized carbons (Fsp3) is 0.588. The summed E-state index contributed by atoms with van der Waals surface area (Å²) in [5, 5.41) is 8.62. The molecule has 0 saturated heterocycles. The highest BCUT2D eigenvalue weighted by Gasteiger charge is 2.02. The van der Waals surface area contributed by atoms with Crippen LogP contribution in [-0.4, -0.2) is 24.3 Å². The van der Waals surface area contributed by atoms with Crippen molar-refractivity contribution in [3.63, 3.8) is 0 Å². The van der Waals surface area contributed by atoms with Crippen molar-refractivity contribution >= 4 is 5.97 Å². The van der Waals surface area contributed by atoms with Gasteiger partial charge in [-0.25, -0.2) is 0 Å². The average molecular weight is 278 g/mol. The van der Waals surface area contributed by atoms with Crippen LogP contribution in [0.1, 0.15) is 50.5 Å². The van der Waals surface area contributed by atoms with Crippen molar-refractivity contribution in [3.8, 4) is 0 Å². The van der Waals surface area contributed by atoms with E-state index >= 15 is 0 Å². The monoisotopic (exact) mass is 278 g/mol. The molecule has 0 atom stereocenters. The van der Waals surface area contributed by atoms with Gasteiger partial charge in [-0.1, -0.05) is 36.8 Å². The number of hydrogen-bond donors (Lipinski definition) is 1. The molecule has 1 aromatic rings. The van der Waals surface area contributed by atoms with Crippen molar-refractivity contribution in [2.45, 2.75) is 51.4 Å². The molecule has 0 aliphatic rings.